The molecule has 158 valence electrons. The molecule has 0 radical (unpaired) electrons. The average molecular weight is 418 g/mol. The number of hydrogen-bond donors (Lipinski definition) is 3. The lowest BCUT2D eigenvalue weighted by Gasteiger charge is -2.29. The van der Waals surface area contributed by atoms with Gasteiger partial charge in [-0.3, -0.25) is 4.79 Å². The zero-order valence-corrected chi connectivity index (χ0v) is 16.0. The molecule has 8 heteroatoms. The van der Waals surface area contributed by atoms with Gasteiger partial charge in [-0.15, -0.1) is 0 Å². The highest BCUT2D eigenvalue weighted by atomic mass is 19.4. The zero-order valence-electron chi connectivity index (χ0n) is 16.0. The Labute approximate surface area is 170 Å². The molecule has 1 aliphatic carbocycles. The van der Waals surface area contributed by atoms with Crippen LogP contribution in [0.1, 0.15) is 24.0 Å². The number of carbonyl (C=O) groups excluding carboxylic acids is 1. The fraction of sp³-hybridized carbons (Fsp3) is 0.318. The molecule has 1 fully saturated rings. The summed E-state index contributed by atoms with van der Waals surface area (Å²) in [5, 5.41) is 13.0. The Morgan fingerprint density at radius 2 is 1.90 bits per heavy atom. The minimum Gasteiger partial charge on any atom is -0.493 e. The molecule has 0 saturated heterocycles. The molecular weight excluding hydrogens is 397 g/mol. The van der Waals surface area contributed by atoms with E-state index in [9.17, 15) is 23.1 Å². The van der Waals surface area contributed by atoms with Crippen LogP contribution in [0.3, 0.4) is 0 Å². The van der Waals surface area contributed by atoms with Crippen LogP contribution < -0.4 is 10.1 Å². The van der Waals surface area contributed by atoms with Crippen LogP contribution in [0, 0.1) is 5.92 Å². The van der Waals surface area contributed by atoms with Gasteiger partial charge in [0.05, 0.1) is 24.0 Å². The van der Waals surface area contributed by atoms with Gasteiger partial charge in [0.2, 0.25) is 5.91 Å². The molecule has 3 aromatic rings. The normalized spacial score (nSPS) is 18.8. The lowest BCUT2D eigenvalue weighted by molar-refractivity contribution is -0.137. The maximum Gasteiger partial charge on any atom is 0.416 e. The summed E-state index contributed by atoms with van der Waals surface area (Å²) in [5.41, 5.74) is 1.57. The van der Waals surface area contributed by atoms with Gasteiger partial charge in [0, 0.05) is 29.4 Å². The maximum atomic E-state index is 12.6. The van der Waals surface area contributed by atoms with Crippen LogP contribution in [0.15, 0.2) is 48.7 Å². The van der Waals surface area contributed by atoms with Crippen LogP contribution >= 0.6 is 0 Å². The van der Waals surface area contributed by atoms with Crippen LogP contribution in [-0.4, -0.2) is 28.7 Å². The number of fused-ring (bicyclic) bond motifs is 1. The number of rotatable bonds is 6. The average Bonchev–Trinajstić information content (AvgIpc) is 3.07. The molecule has 1 saturated carbocycles. The SMILES string of the molecule is O=C(Nc1c[nH]c2ccc(OCCc3ccc(C(F)(F)F)cc3)cc12)[C@H]1C[C@@H](O)C1. The topological polar surface area (TPSA) is 74.4 Å². The molecule has 2 aromatic carbocycles. The van der Waals surface area contributed by atoms with Gasteiger partial charge in [0.15, 0.2) is 0 Å². The van der Waals surface area contributed by atoms with Crippen LogP contribution in [0.2, 0.25) is 0 Å². The molecule has 0 unspecified atom stereocenters. The number of ether oxygens (including phenoxy) is 1. The van der Waals surface area contributed by atoms with Crippen LogP contribution in [-0.2, 0) is 17.4 Å². The van der Waals surface area contributed by atoms with Crippen molar-refractivity contribution in [2.45, 2.75) is 31.5 Å². The summed E-state index contributed by atoms with van der Waals surface area (Å²) in [5.74, 6) is 0.312. The van der Waals surface area contributed by atoms with Gasteiger partial charge in [0.1, 0.15) is 5.75 Å². The second-order valence-corrected chi connectivity index (χ2v) is 7.51. The van der Waals surface area contributed by atoms with Crippen LogP contribution in [0.25, 0.3) is 10.9 Å². The maximum absolute atomic E-state index is 12.6. The molecule has 1 heterocycles. The van der Waals surface area contributed by atoms with Gasteiger partial charge in [-0.2, -0.15) is 13.2 Å². The number of amides is 1. The van der Waals surface area contributed by atoms with E-state index in [1.54, 1.807) is 12.3 Å². The number of hydrogen-bond acceptors (Lipinski definition) is 3. The standard InChI is InChI=1S/C22H21F3N2O3/c23-22(24,25)15-3-1-13(2-4-15)7-8-30-17-5-6-19-18(11-17)20(12-26-19)27-21(29)14-9-16(28)10-14/h1-6,11-12,14,16,26,28H,7-10H2,(H,27,29)/t14-,16+. The smallest absolute Gasteiger partial charge is 0.416 e. The molecule has 30 heavy (non-hydrogen) atoms. The van der Waals surface area contributed by atoms with Crippen LogP contribution in [0.4, 0.5) is 18.9 Å². The highest BCUT2D eigenvalue weighted by Crippen LogP contribution is 2.32. The first-order valence-electron chi connectivity index (χ1n) is 9.68. The van der Waals surface area contributed by atoms with Crippen molar-refractivity contribution in [1.82, 2.24) is 4.98 Å². The minimum absolute atomic E-state index is 0.116. The van der Waals surface area contributed by atoms with Gasteiger partial charge in [-0.25, -0.2) is 0 Å². The van der Waals surface area contributed by atoms with Gasteiger partial charge in [-0.1, -0.05) is 12.1 Å². The predicted molar refractivity (Wildman–Crippen MR) is 106 cm³/mol. The molecule has 0 atom stereocenters. The largest absolute Gasteiger partial charge is 0.493 e. The Balaban J connectivity index is 1.37. The monoisotopic (exact) mass is 418 g/mol. The van der Waals surface area contributed by atoms with Crippen molar-refractivity contribution in [1.29, 1.82) is 0 Å². The van der Waals surface area contributed by atoms with Crippen molar-refractivity contribution >= 4 is 22.5 Å². The van der Waals surface area contributed by atoms with Gasteiger partial charge < -0.3 is 20.1 Å². The fourth-order valence-corrected chi connectivity index (χ4v) is 3.48. The van der Waals surface area contributed by atoms with E-state index in [0.29, 0.717) is 37.3 Å². The first-order valence-corrected chi connectivity index (χ1v) is 9.68. The van der Waals surface area contributed by atoms with Crippen molar-refractivity contribution in [2.24, 2.45) is 5.92 Å². The van der Waals surface area contributed by atoms with E-state index in [2.05, 4.69) is 10.3 Å². The Hall–Kier alpha value is -3.00. The number of benzene rings is 2. The van der Waals surface area contributed by atoms with E-state index < -0.39 is 17.8 Å². The van der Waals surface area contributed by atoms with E-state index in [4.69, 9.17) is 4.74 Å². The first kappa shape index (κ1) is 20.3. The Bertz CT molecular complexity index is 1040. The van der Waals surface area contributed by atoms with E-state index >= 15 is 0 Å². The van der Waals surface area contributed by atoms with Crippen molar-refractivity contribution in [3.63, 3.8) is 0 Å². The van der Waals surface area contributed by atoms with Crippen LogP contribution in [0.5, 0.6) is 5.75 Å². The molecule has 3 N–H and O–H groups in total. The number of carbonyl (C=O) groups is 1. The molecule has 1 aromatic heterocycles. The number of aromatic amines is 1. The second kappa shape index (κ2) is 8.02. The Kier molecular flexibility index (Phi) is 5.42. The third kappa shape index (κ3) is 4.43. The molecule has 4 rings (SSSR count). The Morgan fingerprint density at radius 3 is 2.57 bits per heavy atom. The summed E-state index contributed by atoms with van der Waals surface area (Å²) < 4.78 is 43.6. The summed E-state index contributed by atoms with van der Waals surface area (Å²) in [6.07, 6.45) is -1.60. The zero-order chi connectivity index (χ0) is 21.3. The number of halogens is 3. The van der Waals surface area contributed by atoms with Gasteiger partial charge >= 0.3 is 6.18 Å². The van der Waals surface area contributed by atoms with Crippen molar-refractivity contribution in [2.75, 3.05) is 11.9 Å². The summed E-state index contributed by atoms with van der Waals surface area (Å²) in [6, 6.07) is 10.5. The predicted octanol–water partition coefficient (Wildman–Crippen LogP) is 4.52. The number of alkyl halides is 3. The van der Waals surface area contributed by atoms with E-state index in [0.717, 1.165) is 28.6 Å². The molecule has 0 spiro atoms. The number of aliphatic hydroxyl groups is 1. The quantitative estimate of drug-likeness (QED) is 0.551. The number of H-pyrrole nitrogens is 1. The highest BCUT2D eigenvalue weighted by molar-refractivity contribution is 6.03. The lowest BCUT2D eigenvalue weighted by Crippen LogP contribution is -2.37. The third-order valence-electron chi connectivity index (χ3n) is 5.34. The van der Waals surface area contributed by atoms with Crippen molar-refractivity contribution in [3.05, 3.63) is 59.8 Å². The van der Waals surface area contributed by atoms with Gasteiger partial charge in [0.25, 0.3) is 0 Å². The number of aromatic nitrogens is 1. The lowest BCUT2D eigenvalue weighted by atomic mass is 9.82. The summed E-state index contributed by atoms with van der Waals surface area (Å²) in [7, 11) is 0. The molecule has 1 amide bonds. The Morgan fingerprint density at radius 1 is 1.17 bits per heavy atom. The molecular formula is C22H21F3N2O3. The molecule has 0 aliphatic heterocycles. The second-order valence-electron chi connectivity index (χ2n) is 7.51. The van der Waals surface area contributed by atoms with E-state index in [1.807, 2.05) is 12.1 Å². The van der Waals surface area contributed by atoms with Crippen molar-refractivity contribution in [3.8, 4) is 5.75 Å². The van der Waals surface area contributed by atoms with Gasteiger partial charge in [-0.05, 0) is 48.7 Å². The molecule has 0 bridgehead atoms. The summed E-state index contributed by atoms with van der Waals surface area (Å²) in [6.45, 7) is 0.308. The molecule has 1 aliphatic rings. The first-order chi connectivity index (χ1) is 14.3. The molecule has 5 nitrogen and oxygen atoms in total. The number of anilines is 1. The summed E-state index contributed by atoms with van der Waals surface area (Å²) >= 11 is 0. The van der Waals surface area contributed by atoms with Crippen molar-refractivity contribution < 1.29 is 27.8 Å². The number of nitrogens with one attached hydrogen (secondary N) is 2. The van der Waals surface area contributed by atoms with E-state index in [1.165, 1.54) is 12.1 Å². The summed E-state index contributed by atoms with van der Waals surface area (Å²) in [4.78, 5) is 15.3. The minimum atomic E-state index is -4.34. The number of aliphatic hydroxyl groups excluding tert-OH is 1. The van der Waals surface area contributed by atoms with E-state index in [-0.39, 0.29) is 11.8 Å². The third-order valence-corrected chi connectivity index (χ3v) is 5.34. The highest BCUT2D eigenvalue weighted by Gasteiger charge is 2.33. The fourth-order valence-electron chi connectivity index (χ4n) is 3.48.